The van der Waals surface area contributed by atoms with E-state index >= 15 is 0 Å². The third-order valence-electron chi connectivity index (χ3n) is 3.99. The van der Waals surface area contributed by atoms with Crippen LogP contribution in [0.2, 0.25) is 0 Å². The van der Waals surface area contributed by atoms with Crippen molar-refractivity contribution in [3.8, 4) is 11.5 Å². The molecule has 1 fully saturated rings. The lowest BCUT2D eigenvalue weighted by atomic mass is 9.98. The summed E-state index contributed by atoms with van der Waals surface area (Å²) in [5.74, 6) is 0.968. The van der Waals surface area contributed by atoms with Gasteiger partial charge in [-0.05, 0) is 37.6 Å². The van der Waals surface area contributed by atoms with Gasteiger partial charge in [0.1, 0.15) is 11.5 Å². The van der Waals surface area contributed by atoms with Gasteiger partial charge in [0.05, 0.1) is 31.9 Å². The summed E-state index contributed by atoms with van der Waals surface area (Å²) < 4.78 is 15.7. The van der Waals surface area contributed by atoms with Crippen molar-refractivity contribution in [2.24, 2.45) is 0 Å². The van der Waals surface area contributed by atoms with Crippen LogP contribution < -0.4 is 20.1 Å². The Labute approximate surface area is 131 Å². The summed E-state index contributed by atoms with van der Waals surface area (Å²) in [5.41, 5.74) is 0.281. The van der Waals surface area contributed by atoms with E-state index in [2.05, 4.69) is 10.6 Å². The molecule has 0 bridgehead atoms. The van der Waals surface area contributed by atoms with E-state index in [4.69, 9.17) is 14.2 Å². The highest BCUT2D eigenvalue weighted by molar-refractivity contribution is 5.97. The second kappa shape index (κ2) is 7.47. The molecule has 0 saturated carbocycles. The molecule has 1 saturated heterocycles. The minimum absolute atomic E-state index is 0.181. The lowest BCUT2D eigenvalue weighted by molar-refractivity contribution is 0.0889. The molecule has 2 rings (SSSR count). The van der Waals surface area contributed by atoms with E-state index in [0.29, 0.717) is 30.2 Å². The number of carbonyl (C=O) groups is 1. The van der Waals surface area contributed by atoms with Crippen LogP contribution in [0, 0.1) is 0 Å². The van der Waals surface area contributed by atoms with Crippen molar-refractivity contribution in [1.29, 1.82) is 0 Å². The van der Waals surface area contributed by atoms with Crippen molar-refractivity contribution in [2.75, 3.05) is 41.0 Å². The molecule has 1 amide bonds. The molecule has 2 N–H and O–H groups in total. The topological polar surface area (TPSA) is 68.8 Å². The predicted molar refractivity (Wildman–Crippen MR) is 83.7 cm³/mol. The van der Waals surface area contributed by atoms with E-state index in [1.54, 1.807) is 39.5 Å². The molecule has 1 aromatic rings. The number of methoxy groups -OCH3 is 3. The fourth-order valence-corrected chi connectivity index (χ4v) is 2.81. The van der Waals surface area contributed by atoms with Crippen molar-refractivity contribution in [3.63, 3.8) is 0 Å². The van der Waals surface area contributed by atoms with Gasteiger partial charge < -0.3 is 24.8 Å². The maximum Gasteiger partial charge on any atom is 0.255 e. The first-order valence-corrected chi connectivity index (χ1v) is 7.38. The third-order valence-corrected chi connectivity index (χ3v) is 3.99. The van der Waals surface area contributed by atoms with Gasteiger partial charge in [0.2, 0.25) is 0 Å². The molecule has 1 aromatic carbocycles. The summed E-state index contributed by atoms with van der Waals surface area (Å²) in [6, 6.07) is 5.17. The fraction of sp³-hybridized carbons (Fsp3) is 0.562. The van der Waals surface area contributed by atoms with Crippen LogP contribution in [0.25, 0.3) is 0 Å². The molecular formula is C16H24N2O4. The molecule has 1 heterocycles. The van der Waals surface area contributed by atoms with Gasteiger partial charge in [-0.3, -0.25) is 4.79 Å². The van der Waals surface area contributed by atoms with Crippen LogP contribution in [0.1, 0.15) is 23.2 Å². The van der Waals surface area contributed by atoms with Crippen molar-refractivity contribution in [2.45, 2.75) is 18.4 Å². The second-order valence-electron chi connectivity index (χ2n) is 5.49. The lowest BCUT2D eigenvalue weighted by Crippen LogP contribution is -2.53. The van der Waals surface area contributed by atoms with Crippen molar-refractivity contribution < 1.29 is 19.0 Å². The van der Waals surface area contributed by atoms with Gasteiger partial charge in [0.15, 0.2) is 0 Å². The molecular weight excluding hydrogens is 284 g/mol. The highest BCUT2D eigenvalue weighted by Gasteiger charge is 2.34. The Balaban J connectivity index is 2.08. The molecule has 1 unspecified atom stereocenters. The summed E-state index contributed by atoms with van der Waals surface area (Å²) in [6.07, 6.45) is 2.07. The summed E-state index contributed by atoms with van der Waals surface area (Å²) in [4.78, 5) is 12.5. The monoisotopic (exact) mass is 308 g/mol. The van der Waals surface area contributed by atoms with Gasteiger partial charge in [-0.15, -0.1) is 0 Å². The molecule has 0 aliphatic carbocycles. The van der Waals surface area contributed by atoms with E-state index in [1.807, 2.05) is 0 Å². The predicted octanol–water partition coefficient (Wildman–Crippen LogP) is 1.20. The molecule has 22 heavy (non-hydrogen) atoms. The maximum absolute atomic E-state index is 12.5. The lowest BCUT2D eigenvalue weighted by Gasteiger charge is -2.29. The minimum atomic E-state index is -0.184. The number of ether oxygens (including phenoxy) is 3. The van der Waals surface area contributed by atoms with Crippen LogP contribution in [-0.2, 0) is 4.74 Å². The smallest absolute Gasteiger partial charge is 0.255 e. The summed E-state index contributed by atoms with van der Waals surface area (Å²) >= 11 is 0. The maximum atomic E-state index is 12.5. The summed E-state index contributed by atoms with van der Waals surface area (Å²) in [5, 5.41) is 6.41. The number of benzene rings is 1. The Kier molecular flexibility index (Phi) is 5.63. The molecule has 0 aromatic heterocycles. The number of hydrogen-bond donors (Lipinski definition) is 2. The Bertz CT molecular complexity index is 513. The van der Waals surface area contributed by atoms with Crippen LogP contribution in [-0.4, -0.2) is 52.5 Å². The van der Waals surface area contributed by atoms with Crippen molar-refractivity contribution in [1.82, 2.24) is 10.6 Å². The first kappa shape index (κ1) is 16.6. The molecule has 0 spiro atoms. The van der Waals surface area contributed by atoms with Gasteiger partial charge in [-0.2, -0.15) is 0 Å². The van der Waals surface area contributed by atoms with Crippen molar-refractivity contribution in [3.05, 3.63) is 23.8 Å². The molecule has 1 aliphatic rings. The van der Waals surface area contributed by atoms with E-state index in [1.165, 1.54) is 0 Å². The zero-order valence-electron chi connectivity index (χ0n) is 13.4. The van der Waals surface area contributed by atoms with E-state index < -0.39 is 0 Å². The Hall–Kier alpha value is -1.79. The largest absolute Gasteiger partial charge is 0.497 e. The Morgan fingerprint density at radius 2 is 2.14 bits per heavy atom. The summed E-state index contributed by atoms with van der Waals surface area (Å²) in [7, 11) is 4.79. The van der Waals surface area contributed by atoms with Crippen molar-refractivity contribution >= 4 is 5.91 Å². The van der Waals surface area contributed by atoms with Crippen LogP contribution in [0.4, 0.5) is 0 Å². The molecule has 1 aliphatic heterocycles. The van der Waals surface area contributed by atoms with E-state index in [0.717, 1.165) is 19.4 Å². The quantitative estimate of drug-likeness (QED) is 0.792. The molecule has 122 valence electrons. The molecule has 1 atom stereocenters. The number of nitrogens with one attached hydrogen (secondary N) is 2. The average Bonchev–Trinajstić information content (AvgIpc) is 3.01. The summed E-state index contributed by atoms with van der Waals surface area (Å²) in [6.45, 7) is 2.03. The fourth-order valence-electron chi connectivity index (χ4n) is 2.81. The van der Waals surface area contributed by atoms with Gasteiger partial charge in [0, 0.05) is 13.7 Å². The van der Waals surface area contributed by atoms with Crippen LogP contribution in [0.5, 0.6) is 11.5 Å². The van der Waals surface area contributed by atoms with E-state index in [-0.39, 0.29) is 11.4 Å². The number of amides is 1. The van der Waals surface area contributed by atoms with Gasteiger partial charge in [-0.1, -0.05) is 0 Å². The zero-order chi connectivity index (χ0) is 16.0. The van der Waals surface area contributed by atoms with Gasteiger partial charge >= 0.3 is 0 Å². The number of hydrogen-bond acceptors (Lipinski definition) is 5. The standard InChI is InChI=1S/C16H24N2O4/c1-20-11-16(7-4-8-18-16)10-17-15(19)13-9-12(21-2)5-6-14(13)22-3/h5-6,9,18H,4,7-8,10-11H2,1-3H3,(H,17,19). The number of rotatable bonds is 7. The first-order valence-electron chi connectivity index (χ1n) is 7.38. The Morgan fingerprint density at radius 1 is 1.32 bits per heavy atom. The third kappa shape index (κ3) is 3.69. The Morgan fingerprint density at radius 3 is 2.73 bits per heavy atom. The minimum Gasteiger partial charge on any atom is -0.497 e. The van der Waals surface area contributed by atoms with Crippen LogP contribution >= 0.6 is 0 Å². The highest BCUT2D eigenvalue weighted by Crippen LogP contribution is 2.24. The van der Waals surface area contributed by atoms with E-state index in [9.17, 15) is 4.79 Å². The number of carbonyl (C=O) groups excluding carboxylic acids is 1. The zero-order valence-corrected chi connectivity index (χ0v) is 13.4. The molecule has 6 nitrogen and oxygen atoms in total. The molecule has 0 radical (unpaired) electrons. The molecule has 6 heteroatoms. The second-order valence-corrected chi connectivity index (χ2v) is 5.49. The van der Waals surface area contributed by atoms with Crippen LogP contribution in [0.3, 0.4) is 0 Å². The highest BCUT2D eigenvalue weighted by atomic mass is 16.5. The van der Waals surface area contributed by atoms with Gasteiger partial charge in [0.25, 0.3) is 5.91 Å². The van der Waals surface area contributed by atoms with Gasteiger partial charge in [-0.25, -0.2) is 0 Å². The SMILES string of the molecule is COCC1(CNC(=O)c2cc(OC)ccc2OC)CCCN1. The first-order chi connectivity index (χ1) is 10.6. The van der Waals surface area contributed by atoms with Crippen LogP contribution in [0.15, 0.2) is 18.2 Å². The normalized spacial score (nSPS) is 20.7. The average molecular weight is 308 g/mol.